The Hall–Kier alpha value is -1.69. The Labute approximate surface area is 133 Å². The van der Waals surface area contributed by atoms with E-state index in [2.05, 4.69) is 11.4 Å². The smallest absolute Gasteiger partial charge is 0.410 e. The lowest BCUT2D eigenvalue weighted by Gasteiger charge is -2.46. The van der Waals surface area contributed by atoms with Gasteiger partial charge in [0.1, 0.15) is 17.4 Å². The molecule has 22 heavy (non-hydrogen) atoms. The topological polar surface area (TPSA) is 70.9 Å². The maximum atomic E-state index is 10.9. The first-order chi connectivity index (χ1) is 10.7. The molecular formula is C16H18N2O3S. The summed E-state index contributed by atoms with van der Waals surface area (Å²) in [4.78, 5) is 15.8. The van der Waals surface area contributed by atoms with Crippen LogP contribution in [0.15, 0.2) is 29.3 Å². The van der Waals surface area contributed by atoms with Gasteiger partial charge in [-0.3, -0.25) is 5.32 Å². The Balaban J connectivity index is 1.81. The first kappa shape index (κ1) is 13.9. The largest absolute Gasteiger partial charge is 0.490 e. The number of carbonyl (C=O) groups is 1. The summed E-state index contributed by atoms with van der Waals surface area (Å²) in [5.41, 5.74) is 0.760. The molecule has 1 saturated carbocycles. The molecule has 4 rings (SSSR count). The quantitative estimate of drug-likeness (QED) is 0.770. The van der Waals surface area contributed by atoms with E-state index in [9.17, 15) is 4.79 Å². The van der Waals surface area contributed by atoms with Gasteiger partial charge >= 0.3 is 6.09 Å². The number of ether oxygens (including phenoxy) is 1. The molecule has 3 unspecified atom stereocenters. The molecule has 1 aliphatic carbocycles. The van der Waals surface area contributed by atoms with Crippen molar-refractivity contribution in [3.05, 3.63) is 29.8 Å². The summed E-state index contributed by atoms with van der Waals surface area (Å²) in [6.45, 7) is 0. The van der Waals surface area contributed by atoms with Crippen LogP contribution in [0.2, 0.25) is 0 Å². The average molecular weight is 318 g/mol. The lowest BCUT2D eigenvalue weighted by atomic mass is 9.69. The predicted octanol–water partition coefficient (Wildman–Crippen LogP) is 3.20. The van der Waals surface area contributed by atoms with Gasteiger partial charge in [-0.25, -0.2) is 9.79 Å². The molecule has 0 aromatic heterocycles. The Morgan fingerprint density at radius 1 is 1.36 bits per heavy atom. The van der Waals surface area contributed by atoms with Gasteiger partial charge in [0, 0.05) is 17.2 Å². The second kappa shape index (κ2) is 5.19. The molecule has 1 fully saturated rings. The molecule has 5 nitrogen and oxygen atoms in total. The lowest BCUT2D eigenvalue weighted by molar-refractivity contribution is 0.0267. The fourth-order valence-electron chi connectivity index (χ4n) is 3.98. The molecule has 3 aliphatic rings. The number of nitrogens with zero attached hydrogens (tertiary/aromatic N) is 1. The molecule has 1 amide bonds. The van der Waals surface area contributed by atoms with Crippen molar-refractivity contribution in [3.8, 4) is 5.75 Å². The molecule has 1 aromatic carbocycles. The molecule has 0 bridgehead atoms. The molecule has 2 heterocycles. The third-order valence-corrected chi connectivity index (χ3v) is 5.94. The van der Waals surface area contributed by atoms with E-state index in [-0.39, 0.29) is 11.6 Å². The molecule has 3 atom stereocenters. The van der Waals surface area contributed by atoms with E-state index in [0.717, 1.165) is 29.9 Å². The maximum Gasteiger partial charge on any atom is 0.410 e. The third-order valence-electron chi connectivity index (χ3n) is 4.89. The van der Waals surface area contributed by atoms with E-state index in [0.29, 0.717) is 11.1 Å². The Kier molecular flexibility index (Phi) is 3.29. The summed E-state index contributed by atoms with van der Waals surface area (Å²) in [6, 6.07) is 8.08. The number of para-hydroxylation sites is 1. The minimum Gasteiger partial charge on any atom is -0.490 e. The minimum absolute atomic E-state index is 0.192. The van der Waals surface area contributed by atoms with Gasteiger partial charge in [-0.2, -0.15) is 0 Å². The predicted molar refractivity (Wildman–Crippen MR) is 85.5 cm³/mol. The second-order valence-corrected chi connectivity index (χ2v) is 7.07. The van der Waals surface area contributed by atoms with E-state index in [1.807, 2.05) is 18.2 Å². The van der Waals surface area contributed by atoms with Gasteiger partial charge in [0.2, 0.25) is 0 Å². The number of rotatable bonds is 0. The average Bonchev–Trinajstić information content (AvgIpc) is 2.92. The van der Waals surface area contributed by atoms with Crippen LogP contribution in [0.25, 0.3) is 0 Å². The summed E-state index contributed by atoms with van der Waals surface area (Å²) >= 11 is 1.50. The SMILES string of the molecule is O=C(O)NC1=NC2(CS1)c1ccccc1OC1CCCCC12. The zero-order valence-electron chi connectivity index (χ0n) is 12.1. The number of hydrogen-bond acceptors (Lipinski definition) is 4. The summed E-state index contributed by atoms with van der Waals surface area (Å²) in [5.74, 6) is 2.02. The van der Waals surface area contributed by atoms with E-state index in [1.165, 1.54) is 24.6 Å². The summed E-state index contributed by atoms with van der Waals surface area (Å²) in [6.07, 6.45) is 3.67. The van der Waals surface area contributed by atoms with Crippen molar-refractivity contribution in [3.63, 3.8) is 0 Å². The van der Waals surface area contributed by atoms with Crippen LogP contribution in [0.3, 0.4) is 0 Å². The van der Waals surface area contributed by atoms with Crippen molar-refractivity contribution < 1.29 is 14.6 Å². The molecule has 0 saturated heterocycles. The van der Waals surface area contributed by atoms with Crippen molar-refractivity contribution in [1.29, 1.82) is 0 Å². The number of benzene rings is 1. The normalized spacial score (nSPS) is 32.6. The van der Waals surface area contributed by atoms with Crippen LogP contribution in [-0.4, -0.2) is 28.2 Å². The van der Waals surface area contributed by atoms with Crippen LogP contribution in [0, 0.1) is 5.92 Å². The van der Waals surface area contributed by atoms with Gasteiger partial charge < -0.3 is 9.84 Å². The van der Waals surface area contributed by atoms with E-state index in [4.69, 9.17) is 14.8 Å². The number of aliphatic imine (C=N–C) groups is 1. The zero-order chi connectivity index (χ0) is 15.2. The Morgan fingerprint density at radius 2 is 2.18 bits per heavy atom. The molecule has 1 aromatic rings. The zero-order valence-corrected chi connectivity index (χ0v) is 12.9. The molecule has 116 valence electrons. The maximum absolute atomic E-state index is 10.9. The van der Waals surface area contributed by atoms with Crippen LogP contribution >= 0.6 is 11.8 Å². The van der Waals surface area contributed by atoms with Crippen molar-refractivity contribution >= 4 is 23.0 Å². The van der Waals surface area contributed by atoms with E-state index < -0.39 is 6.09 Å². The van der Waals surface area contributed by atoms with Gasteiger partial charge in [0.25, 0.3) is 0 Å². The van der Waals surface area contributed by atoms with Gasteiger partial charge in [-0.15, -0.1) is 0 Å². The van der Waals surface area contributed by atoms with Gasteiger partial charge in [-0.05, 0) is 25.3 Å². The number of fused-ring (bicyclic) bond motifs is 4. The summed E-state index contributed by atoms with van der Waals surface area (Å²) in [5, 5.41) is 11.9. The highest BCUT2D eigenvalue weighted by Gasteiger charge is 2.53. The highest BCUT2D eigenvalue weighted by molar-refractivity contribution is 8.14. The number of amidine groups is 1. The third kappa shape index (κ3) is 2.08. The van der Waals surface area contributed by atoms with Crippen LogP contribution in [0.1, 0.15) is 31.2 Å². The molecule has 2 N–H and O–H groups in total. The summed E-state index contributed by atoms with van der Waals surface area (Å²) in [7, 11) is 0. The number of thioether (sulfide) groups is 1. The fourth-order valence-corrected chi connectivity index (χ4v) is 5.16. The monoisotopic (exact) mass is 318 g/mol. The highest BCUT2D eigenvalue weighted by atomic mass is 32.2. The second-order valence-electron chi connectivity index (χ2n) is 6.10. The number of amides is 1. The lowest BCUT2D eigenvalue weighted by Crippen LogP contribution is -2.49. The molecule has 0 radical (unpaired) electrons. The molecule has 1 spiro atoms. The van der Waals surface area contributed by atoms with Gasteiger partial charge in [0.15, 0.2) is 5.17 Å². The first-order valence-electron chi connectivity index (χ1n) is 7.68. The van der Waals surface area contributed by atoms with Crippen molar-refractivity contribution in [2.75, 3.05) is 5.75 Å². The van der Waals surface area contributed by atoms with Gasteiger partial charge in [-0.1, -0.05) is 36.4 Å². The number of hydrogen-bond donors (Lipinski definition) is 2. The number of nitrogens with one attached hydrogen (secondary N) is 1. The van der Waals surface area contributed by atoms with Crippen LogP contribution in [0.5, 0.6) is 5.75 Å². The molecule has 6 heteroatoms. The van der Waals surface area contributed by atoms with E-state index in [1.54, 1.807) is 0 Å². The highest BCUT2D eigenvalue weighted by Crippen LogP contribution is 2.54. The van der Waals surface area contributed by atoms with Crippen molar-refractivity contribution in [1.82, 2.24) is 5.32 Å². The molecule has 2 aliphatic heterocycles. The fraction of sp³-hybridized carbons (Fsp3) is 0.500. The van der Waals surface area contributed by atoms with Crippen molar-refractivity contribution in [2.24, 2.45) is 10.9 Å². The summed E-state index contributed by atoms with van der Waals surface area (Å²) < 4.78 is 6.22. The molecular weight excluding hydrogens is 300 g/mol. The first-order valence-corrected chi connectivity index (χ1v) is 8.66. The van der Waals surface area contributed by atoms with Crippen LogP contribution in [0.4, 0.5) is 4.79 Å². The Morgan fingerprint density at radius 3 is 3.05 bits per heavy atom. The Bertz CT molecular complexity index is 648. The number of carboxylic acid groups (broad SMARTS) is 1. The van der Waals surface area contributed by atoms with E-state index >= 15 is 0 Å². The van der Waals surface area contributed by atoms with Crippen LogP contribution < -0.4 is 10.1 Å². The minimum atomic E-state index is -1.05. The van der Waals surface area contributed by atoms with Crippen LogP contribution in [-0.2, 0) is 5.54 Å². The standard InChI is InChI=1S/C16H18N2O3S/c19-15(20)17-14-18-16(9-22-14)10-5-1-3-7-12(10)21-13-8-4-2-6-11(13)16/h1,3,5,7,11,13H,2,4,6,8-9H2,(H,17,18)(H,19,20). The van der Waals surface area contributed by atoms with Crippen molar-refractivity contribution in [2.45, 2.75) is 37.3 Å². The van der Waals surface area contributed by atoms with Gasteiger partial charge in [0.05, 0.1) is 0 Å².